The Morgan fingerprint density at radius 3 is 1.00 bits per heavy atom. The van der Waals surface area contributed by atoms with Crippen LogP contribution in [-0.4, -0.2) is 0 Å². The van der Waals surface area contributed by atoms with Gasteiger partial charge in [-0.2, -0.15) is 0 Å². The summed E-state index contributed by atoms with van der Waals surface area (Å²) in [6.45, 7) is 4.25. The standard InChI is InChI=1S/C3H8.3Na.3H/c1-3-2;;;;;;/h3H2,1-2H3;;;;;;/q;3*+1;3*-1. The Morgan fingerprint density at radius 1 is 1.00 bits per heavy atom. The van der Waals surface area contributed by atoms with Crippen LogP contribution in [0, 0.1) is 0 Å². The minimum Gasteiger partial charge on any atom is -1.00 e. The largest absolute Gasteiger partial charge is 1.00 e. The van der Waals surface area contributed by atoms with Crippen LogP contribution in [0.25, 0.3) is 0 Å². The molecule has 0 unspecified atom stereocenters. The van der Waals surface area contributed by atoms with Gasteiger partial charge in [0, 0.05) is 0 Å². The van der Waals surface area contributed by atoms with Crippen LogP contribution in [0.2, 0.25) is 0 Å². The smallest absolute Gasteiger partial charge is 1.00 e. The maximum absolute atomic E-state index is 2.12. The van der Waals surface area contributed by atoms with E-state index in [0.717, 1.165) is 0 Å². The second-order valence-corrected chi connectivity index (χ2v) is 0.707. The molecule has 0 amide bonds. The van der Waals surface area contributed by atoms with E-state index in [-0.39, 0.29) is 93.0 Å². The first-order valence-corrected chi connectivity index (χ1v) is 1.41. The average Bonchev–Trinajstić information content (AvgIpc) is 0.918. The zero-order chi connectivity index (χ0) is 2.71. The average molecular weight is 116 g/mol. The molecule has 0 rings (SSSR count). The summed E-state index contributed by atoms with van der Waals surface area (Å²) in [5.74, 6) is 0. The van der Waals surface area contributed by atoms with Gasteiger partial charge in [-0.05, 0) is 0 Å². The number of rotatable bonds is 0. The van der Waals surface area contributed by atoms with Crippen molar-refractivity contribution in [1.82, 2.24) is 0 Å². The van der Waals surface area contributed by atoms with E-state index in [0.29, 0.717) is 0 Å². The molecule has 0 heterocycles. The van der Waals surface area contributed by atoms with Gasteiger partial charge in [0.2, 0.25) is 0 Å². The Labute approximate surface area is 111 Å². The van der Waals surface area contributed by atoms with Crippen LogP contribution in [0.5, 0.6) is 0 Å². The van der Waals surface area contributed by atoms with Crippen molar-refractivity contribution in [2.45, 2.75) is 20.3 Å². The molecule has 3 heteroatoms. The number of hydrogen-bond donors (Lipinski definition) is 0. The fourth-order valence-corrected chi connectivity index (χ4v) is 0. The summed E-state index contributed by atoms with van der Waals surface area (Å²) in [6.07, 6.45) is 1.25. The summed E-state index contributed by atoms with van der Waals surface area (Å²) < 4.78 is 0. The van der Waals surface area contributed by atoms with Crippen molar-refractivity contribution >= 4 is 0 Å². The third kappa shape index (κ3) is 28.0. The molecule has 0 aliphatic rings. The molecule has 0 aromatic heterocycles. The molecule has 0 aromatic rings. The molecule has 0 radical (unpaired) electrons. The third-order valence-corrected chi connectivity index (χ3v) is 0. The summed E-state index contributed by atoms with van der Waals surface area (Å²) >= 11 is 0. The molecule has 0 aliphatic heterocycles. The maximum Gasteiger partial charge on any atom is 1.00 e. The topological polar surface area (TPSA) is 0 Å². The van der Waals surface area contributed by atoms with Gasteiger partial charge in [0.1, 0.15) is 0 Å². The van der Waals surface area contributed by atoms with Gasteiger partial charge >= 0.3 is 88.7 Å². The first-order chi connectivity index (χ1) is 1.41. The second-order valence-electron chi connectivity index (χ2n) is 0.707. The van der Waals surface area contributed by atoms with Gasteiger partial charge in [0.25, 0.3) is 0 Å². The van der Waals surface area contributed by atoms with Crippen molar-refractivity contribution in [2.75, 3.05) is 0 Å². The normalized spacial score (nSPS) is 3.00. The Kier molecular flexibility index (Phi) is 94.1. The monoisotopic (exact) mass is 116 g/mol. The zero-order valence-corrected chi connectivity index (χ0v) is 11.7. The first-order valence-electron chi connectivity index (χ1n) is 1.41. The summed E-state index contributed by atoms with van der Waals surface area (Å²) in [4.78, 5) is 0. The summed E-state index contributed by atoms with van der Waals surface area (Å²) in [6, 6.07) is 0. The summed E-state index contributed by atoms with van der Waals surface area (Å²) in [5.41, 5.74) is 0. The zero-order valence-electron chi connectivity index (χ0n) is 8.71. The van der Waals surface area contributed by atoms with Crippen LogP contribution in [0.4, 0.5) is 0 Å². The van der Waals surface area contributed by atoms with E-state index in [2.05, 4.69) is 13.8 Å². The van der Waals surface area contributed by atoms with Crippen LogP contribution < -0.4 is 88.7 Å². The van der Waals surface area contributed by atoms with E-state index in [1.807, 2.05) is 0 Å². The fraction of sp³-hybridized carbons (Fsp3) is 1.00. The Hall–Kier alpha value is 3.00. The van der Waals surface area contributed by atoms with Crippen molar-refractivity contribution in [3.63, 3.8) is 0 Å². The van der Waals surface area contributed by atoms with Crippen molar-refractivity contribution < 1.29 is 93.0 Å². The Balaban J connectivity index is -0.00000000133. The van der Waals surface area contributed by atoms with Crippen LogP contribution in [-0.2, 0) is 0 Å². The van der Waals surface area contributed by atoms with Crippen LogP contribution in [0.3, 0.4) is 0 Å². The van der Waals surface area contributed by atoms with Crippen molar-refractivity contribution in [3.05, 3.63) is 0 Å². The maximum atomic E-state index is 2.12. The van der Waals surface area contributed by atoms with E-state index >= 15 is 0 Å². The molecular weight excluding hydrogens is 105 g/mol. The Morgan fingerprint density at radius 2 is 1.00 bits per heavy atom. The quantitative estimate of drug-likeness (QED) is 0.276. The molecule has 0 aromatic carbocycles. The Bertz CT molecular complexity index is 14.3. The molecule has 26 valence electrons. The van der Waals surface area contributed by atoms with E-state index in [4.69, 9.17) is 0 Å². The van der Waals surface area contributed by atoms with Crippen LogP contribution >= 0.6 is 0 Å². The molecule has 0 N–H and O–H groups in total. The predicted molar refractivity (Wildman–Crippen MR) is 19.3 cm³/mol. The number of hydrogen-bond acceptors (Lipinski definition) is 0. The summed E-state index contributed by atoms with van der Waals surface area (Å²) in [5, 5.41) is 0. The molecule has 0 bridgehead atoms. The summed E-state index contributed by atoms with van der Waals surface area (Å²) in [7, 11) is 0. The van der Waals surface area contributed by atoms with E-state index in [9.17, 15) is 0 Å². The van der Waals surface area contributed by atoms with Crippen molar-refractivity contribution in [1.29, 1.82) is 0 Å². The minimum atomic E-state index is 0. The van der Waals surface area contributed by atoms with Crippen LogP contribution in [0.15, 0.2) is 0 Å². The van der Waals surface area contributed by atoms with E-state index < -0.39 is 0 Å². The predicted octanol–water partition coefficient (Wildman–Crippen LogP) is -7.23. The van der Waals surface area contributed by atoms with Gasteiger partial charge in [0.05, 0.1) is 0 Å². The minimum absolute atomic E-state index is 0. The van der Waals surface area contributed by atoms with Gasteiger partial charge in [-0.15, -0.1) is 0 Å². The van der Waals surface area contributed by atoms with E-state index in [1.165, 1.54) is 6.42 Å². The SMILES string of the molecule is CCC.[H-].[H-].[H-].[Na+].[Na+].[Na+]. The molecule has 0 saturated carbocycles. The first kappa shape index (κ1) is 23.0. The molecular formula is C3H11Na3. The van der Waals surface area contributed by atoms with Crippen LogP contribution in [0.1, 0.15) is 24.5 Å². The van der Waals surface area contributed by atoms with Gasteiger partial charge in [-0.1, -0.05) is 20.3 Å². The fourth-order valence-electron chi connectivity index (χ4n) is 0. The second kappa shape index (κ2) is 24.5. The van der Waals surface area contributed by atoms with Crippen molar-refractivity contribution in [2.24, 2.45) is 0 Å². The molecule has 0 atom stereocenters. The van der Waals surface area contributed by atoms with Gasteiger partial charge in [-0.25, -0.2) is 0 Å². The van der Waals surface area contributed by atoms with Gasteiger partial charge in [-0.3, -0.25) is 0 Å². The molecule has 0 fully saturated rings. The van der Waals surface area contributed by atoms with Crippen molar-refractivity contribution in [3.8, 4) is 0 Å². The molecule has 0 saturated heterocycles. The molecule has 6 heavy (non-hydrogen) atoms. The van der Waals surface area contributed by atoms with Gasteiger partial charge < -0.3 is 4.28 Å². The van der Waals surface area contributed by atoms with Gasteiger partial charge in [0.15, 0.2) is 0 Å². The molecule has 0 nitrogen and oxygen atoms in total. The molecule has 0 spiro atoms. The molecule has 0 aliphatic carbocycles. The van der Waals surface area contributed by atoms with E-state index in [1.54, 1.807) is 0 Å². The third-order valence-electron chi connectivity index (χ3n) is 0.